The zero-order valence-corrected chi connectivity index (χ0v) is 15.1. The second-order valence-corrected chi connectivity index (χ2v) is 6.24. The van der Waals surface area contributed by atoms with Crippen molar-refractivity contribution in [2.24, 2.45) is 0 Å². The molecular formula is C21H18F4N2O2. The van der Waals surface area contributed by atoms with Gasteiger partial charge in [0, 0.05) is 24.0 Å². The van der Waals surface area contributed by atoms with E-state index in [0.717, 1.165) is 11.1 Å². The Morgan fingerprint density at radius 1 is 0.759 bits per heavy atom. The van der Waals surface area contributed by atoms with E-state index in [9.17, 15) is 17.6 Å². The van der Waals surface area contributed by atoms with Gasteiger partial charge in [-0.05, 0) is 59.5 Å². The highest BCUT2D eigenvalue weighted by Crippen LogP contribution is 2.37. The van der Waals surface area contributed by atoms with Crippen LogP contribution in [0.3, 0.4) is 0 Å². The van der Waals surface area contributed by atoms with Gasteiger partial charge >= 0.3 is 13.2 Å². The number of aromatic nitrogens is 1. The first-order valence-electron chi connectivity index (χ1n) is 8.70. The molecule has 1 heterocycles. The molecule has 0 radical (unpaired) electrons. The summed E-state index contributed by atoms with van der Waals surface area (Å²) in [6.07, 6.45) is 3.83. The molecule has 0 saturated carbocycles. The molecule has 1 aromatic heterocycles. The van der Waals surface area contributed by atoms with E-state index in [1.165, 1.54) is 12.1 Å². The van der Waals surface area contributed by atoms with Crippen molar-refractivity contribution in [3.05, 3.63) is 83.7 Å². The minimum Gasteiger partial charge on any atom is -0.431 e. The third-order valence-electron chi connectivity index (χ3n) is 4.33. The van der Waals surface area contributed by atoms with Crippen molar-refractivity contribution in [3.63, 3.8) is 0 Å². The maximum absolute atomic E-state index is 12.8. The Morgan fingerprint density at radius 2 is 1.34 bits per heavy atom. The smallest absolute Gasteiger partial charge is 0.387 e. The Labute approximate surface area is 164 Å². The molecule has 0 aliphatic heterocycles. The summed E-state index contributed by atoms with van der Waals surface area (Å²) in [5, 5.41) is 0. The van der Waals surface area contributed by atoms with E-state index >= 15 is 0 Å². The van der Waals surface area contributed by atoms with Crippen molar-refractivity contribution in [1.29, 1.82) is 0 Å². The number of nitrogens with zero attached hydrogens (tertiary/aromatic N) is 1. The molecule has 29 heavy (non-hydrogen) atoms. The van der Waals surface area contributed by atoms with Crippen molar-refractivity contribution in [3.8, 4) is 11.5 Å². The van der Waals surface area contributed by atoms with Crippen molar-refractivity contribution < 1.29 is 27.0 Å². The molecule has 152 valence electrons. The van der Waals surface area contributed by atoms with Crippen LogP contribution in [-0.2, 0) is 6.42 Å². The lowest BCUT2D eigenvalue weighted by atomic mass is 9.86. The number of nitrogen functional groups attached to an aromatic ring is 1. The lowest BCUT2D eigenvalue weighted by Gasteiger charge is -2.21. The maximum atomic E-state index is 12.8. The van der Waals surface area contributed by atoms with Gasteiger partial charge in [-0.3, -0.25) is 4.98 Å². The van der Waals surface area contributed by atoms with Crippen LogP contribution in [0.4, 0.5) is 23.2 Å². The molecule has 8 heteroatoms. The summed E-state index contributed by atoms with van der Waals surface area (Å²) in [5.41, 5.74) is 8.79. The lowest BCUT2D eigenvalue weighted by molar-refractivity contribution is -0.0692. The van der Waals surface area contributed by atoms with E-state index in [1.54, 1.807) is 30.6 Å². The van der Waals surface area contributed by atoms with Crippen LogP contribution >= 0.6 is 0 Å². The first-order chi connectivity index (χ1) is 13.9. The zero-order valence-electron chi connectivity index (χ0n) is 15.1. The molecule has 0 saturated heterocycles. The number of hydrogen-bond donors (Lipinski definition) is 1. The minimum atomic E-state index is -3.18. The minimum absolute atomic E-state index is 0.265. The molecule has 0 spiro atoms. The normalized spacial score (nSPS) is 12.2. The topological polar surface area (TPSA) is 57.4 Å². The molecule has 3 rings (SSSR count). The number of alkyl halides is 4. The fourth-order valence-corrected chi connectivity index (χ4v) is 3.03. The predicted octanol–water partition coefficient (Wildman–Crippen LogP) is 5.24. The summed E-state index contributed by atoms with van der Waals surface area (Å²) in [4.78, 5) is 3.99. The van der Waals surface area contributed by atoms with Crippen molar-refractivity contribution in [2.45, 2.75) is 25.6 Å². The van der Waals surface area contributed by atoms with Crippen LogP contribution < -0.4 is 15.2 Å². The molecule has 1 unspecified atom stereocenters. The van der Waals surface area contributed by atoms with Gasteiger partial charge in [0.25, 0.3) is 0 Å². The molecule has 0 bridgehead atoms. The van der Waals surface area contributed by atoms with Crippen molar-refractivity contribution in [2.75, 3.05) is 5.73 Å². The highest BCUT2D eigenvalue weighted by Gasteiger charge is 2.20. The van der Waals surface area contributed by atoms with E-state index in [0.29, 0.717) is 17.7 Å². The second kappa shape index (κ2) is 9.27. The monoisotopic (exact) mass is 406 g/mol. The molecule has 0 aliphatic carbocycles. The third kappa shape index (κ3) is 5.60. The molecule has 4 nitrogen and oxygen atoms in total. The summed E-state index contributed by atoms with van der Waals surface area (Å²) >= 11 is 0. The average Bonchev–Trinajstić information content (AvgIpc) is 2.68. The summed E-state index contributed by atoms with van der Waals surface area (Å²) in [6, 6.07) is 14.9. The maximum Gasteiger partial charge on any atom is 0.387 e. The Morgan fingerprint density at radius 3 is 1.97 bits per heavy atom. The first-order valence-corrected chi connectivity index (χ1v) is 8.70. The molecule has 0 aliphatic rings. The number of benzene rings is 2. The van der Waals surface area contributed by atoms with Crippen LogP contribution in [0.1, 0.15) is 22.6 Å². The van der Waals surface area contributed by atoms with E-state index in [2.05, 4.69) is 14.5 Å². The van der Waals surface area contributed by atoms with Gasteiger partial charge in [0.1, 0.15) is 0 Å². The van der Waals surface area contributed by atoms with Gasteiger partial charge in [0.15, 0.2) is 11.5 Å². The second-order valence-electron chi connectivity index (χ2n) is 6.24. The summed E-state index contributed by atoms with van der Waals surface area (Å²) in [7, 11) is 0. The van der Waals surface area contributed by atoms with Crippen molar-refractivity contribution >= 4 is 5.69 Å². The summed E-state index contributed by atoms with van der Waals surface area (Å²) in [5.74, 6) is -1.17. The Balaban J connectivity index is 2.02. The van der Waals surface area contributed by atoms with Crippen LogP contribution in [0.25, 0.3) is 0 Å². The van der Waals surface area contributed by atoms with Gasteiger partial charge in [-0.1, -0.05) is 18.2 Å². The largest absolute Gasteiger partial charge is 0.431 e. The Kier molecular flexibility index (Phi) is 6.54. The third-order valence-corrected chi connectivity index (χ3v) is 4.33. The number of pyridine rings is 1. The van der Waals surface area contributed by atoms with E-state index in [4.69, 9.17) is 5.73 Å². The number of nitrogens with two attached hydrogens (primary N) is 1. The molecule has 2 aromatic carbocycles. The van der Waals surface area contributed by atoms with Gasteiger partial charge < -0.3 is 15.2 Å². The van der Waals surface area contributed by atoms with Crippen LogP contribution in [-0.4, -0.2) is 18.2 Å². The van der Waals surface area contributed by atoms with Gasteiger partial charge in [0.05, 0.1) is 0 Å². The number of ether oxygens (including phenoxy) is 2. The van der Waals surface area contributed by atoms with Gasteiger partial charge in [-0.25, -0.2) is 0 Å². The fraction of sp³-hybridized carbons (Fsp3) is 0.190. The molecule has 0 fully saturated rings. The lowest BCUT2D eigenvalue weighted by Crippen LogP contribution is -2.10. The first kappa shape index (κ1) is 20.4. The fourth-order valence-electron chi connectivity index (χ4n) is 3.03. The van der Waals surface area contributed by atoms with Gasteiger partial charge in [0.2, 0.25) is 0 Å². The van der Waals surface area contributed by atoms with Crippen LogP contribution in [0.15, 0.2) is 67.0 Å². The van der Waals surface area contributed by atoms with E-state index in [1.807, 2.05) is 24.3 Å². The molecule has 0 amide bonds. The number of halogens is 4. The molecule has 3 aromatic rings. The molecular weight excluding hydrogens is 388 g/mol. The van der Waals surface area contributed by atoms with Crippen molar-refractivity contribution in [1.82, 2.24) is 4.98 Å². The standard InChI is InChI=1S/C21H18F4N2O2/c22-20(23)28-18-6-3-15(12-19(18)29-21(24)25)17(11-13-7-9-27-10-8-13)14-1-4-16(26)5-2-14/h1-10,12,17,20-21H,11,26H2. The number of rotatable bonds is 8. The van der Waals surface area contributed by atoms with Crippen LogP contribution in [0, 0.1) is 0 Å². The predicted molar refractivity (Wildman–Crippen MR) is 100 cm³/mol. The highest BCUT2D eigenvalue weighted by molar-refractivity contribution is 5.48. The zero-order chi connectivity index (χ0) is 20.8. The van der Waals surface area contributed by atoms with E-state index < -0.39 is 24.7 Å². The Bertz CT molecular complexity index is 922. The van der Waals surface area contributed by atoms with E-state index in [-0.39, 0.29) is 5.92 Å². The van der Waals surface area contributed by atoms with Gasteiger partial charge in [-0.15, -0.1) is 0 Å². The number of anilines is 1. The highest BCUT2D eigenvalue weighted by atomic mass is 19.3. The van der Waals surface area contributed by atoms with Crippen LogP contribution in [0.5, 0.6) is 11.5 Å². The average molecular weight is 406 g/mol. The molecule has 2 N–H and O–H groups in total. The summed E-state index contributed by atoms with van der Waals surface area (Å²) in [6.45, 7) is -6.34. The van der Waals surface area contributed by atoms with Gasteiger partial charge in [-0.2, -0.15) is 17.6 Å². The summed E-state index contributed by atoms with van der Waals surface area (Å²) < 4.78 is 59.5. The Hall–Kier alpha value is -3.29. The quantitative estimate of drug-likeness (QED) is 0.411. The van der Waals surface area contributed by atoms with Crippen LogP contribution in [0.2, 0.25) is 0 Å². The SMILES string of the molecule is Nc1ccc(C(Cc2ccncc2)c2ccc(OC(F)F)c(OC(F)F)c2)cc1. The molecule has 1 atom stereocenters. The number of hydrogen-bond acceptors (Lipinski definition) is 4.